The predicted molar refractivity (Wildman–Crippen MR) is 201 cm³/mol. The number of carbonyl (C=O) groups is 4. The van der Waals surface area contributed by atoms with Crippen molar-refractivity contribution in [3.63, 3.8) is 0 Å². The first-order valence-electron chi connectivity index (χ1n) is 18.5. The van der Waals surface area contributed by atoms with Gasteiger partial charge in [0, 0.05) is 18.7 Å². The van der Waals surface area contributed by atoms with Gasteiger partial charge in [0.15, 0.2) is 26.6 Å². The van der Waals surface area contributed by atoms with Crippen LogP contribution in [-0.4, -0.2) is 104 Å². The molecule has 0 spiro atoms. The smallest absolute Gasteiger partial charge is 0.415 e. The Kier molecular flexibility index (Phi) is 11.0. The first kappa shape index (κ1) is 39.3. The molecule has 17 heteroatoms. The van der Waals surface area contributed by atoms with Crippen LogP contribution < -0.4 is 25.6 Å². The average molecular weight is 770 g/mol. The molecule has 2 aromatic rings. The summed E-state index contributed by atoms with van der Waals surface area (Å²) < 4.78 is 38.5. The number of amides is 4. The molecule has 3 N–H and O–H groups in total. The second kappa shape index (κ2) is 15.1. The van der Waals surface area contributed by atoms with E-state index in [1.807, 2.05) is 6.07 Å². The Labute approximate surface area is 316 Å². The minimum atomic E-state index is -2.19. The summed E-state index contributed by atoms with van der Waals surface area (Å²) in [5.41, 5.74) is 1.06. The zero-order chi connectivity index (χ0) is 39.2. The van der Waals surface area contributed by atoms with E-state index in [0.717, 1.165) is 5.56 Å². The fourth-order valence-electron chi connectivity index (χ4n) is 6.88. The number of hydrogen-bond donors (Lipinski definition) is 3. The van der Waals surface area contributed by atoms with Gasteiger partial charge in [0.25, 0.3) is 11.8 Å². The molecule has 4 amide bonds. The Morgan fingerprint density at radius 2 is 1.87 bits per heavy atom. The molecule has 0 bridgehead atoms. The van der Waals surface area contributed by atoms with Crippen LogP contribution in [0, 0.1) is 11.7 Å². The summed E-state index contributed by atoms with van der Waals surface area (Å²) in [7, 11) is -2.19. The number of cyclic esters (lactones) is 1. The molecule has 15 nitrogen and oxygen atoms in total. The number of carbonyl (C=O) groups excluding carboxylic acids is 4. The van der Waals surface area contributed by atoms with Crippen molar-refractivity contribution in [1.82, 2.24) is 20.2 Å². The highest BCUT2D eigenvalue weighted by atomic mass is 28.4. The molecule has 4 heterocycles. The first-order valence-corrected chi connectivity index (χ1v) is 21.5. The molecule has 3 aliphatic heterocycles. The monoisotopic (exact) mass is 769 g/mol. The summed E-state index contributed by atoms with van der Waals surface area (Å²) in [4.78, 5) is 62.5. The van der Waals surface area contributed by atoms with Gasteiger partial charge < -0.3 is 34.6 Å². The van der Waals surface area contributed by atoms with Crippen molar-refractivity contribution in [2.45, 2.75) is 109 Å². The number of anilines is 3. The van der Waals surface area contributed by atoms with Crippen molar-refractivity contribution < 1.29 is 42.2 Å². The summed E-state index contributed by atoms with van der Waals surface area (Å²) >= 11 is 0. The van der Waals surface area contributed by atoms with Gasteiger partial charge in [-0.2, -0.15) is 0 Å². The van der Waals surface area contributed by atoms with E-state index in [0.29, 0.717) is 50.0 Å². The van der Waals surface area contributed by atoms with Crippen molar-refractivity contribution in [3.8, 4) is 5.88 Å². The fourth-order valence-corrected chi connectivity index (χ4v) is 8.24. The van der Waals surface area contributed by atoms with Gasteiger partial charge in [-0.25, -0.2) is 23.9 Å². The number of rotatable bonds is 10. The van der Waals surface area contributed by atoms with E-state index in [1.165, 1.54) is 22.1 Å². The number of halogens is 1. The molecule has 2 fully saturated rings. The molecule has 294 valence electrons. The average Bonchev–Trinajstić information content (AvgIpc) is 3.78. The maximum atomic E-state index is 15.5. The van der Waals surface area contributed by atoms with Gasteiger partial charge in [0.05, 0.1) is 18.8 Å². The Morgan fingerprint density at radius 1 is 1.11 bits per heavy atom. The Balaban J connectivity index is 1.01. The van der Waals surface area contributed by atoms with Gasteiger partial charge in [-0.05, 0) is 100 Å². The standard InChI is InChI=1S/C37H52FN7O8Si/c1-36(2,3)52-35(49)44-19-25(53-54(7,8)37(4,5)6)15-28(44)32(47)41-23-13-22-11-21(12-26(22)27(38)14-23)16-39-10-9-24-18-45(34(48)51-24)29-17-40-33-31(42-29)43-30(46)20-50-33/h13-14,17,21,24-25,28,39H,9-12,15-16,18-20H2,1-8H3,(H,41,47)(H,42,43,46)/t21?,24?,25-,28+/m1/s1. The van der Waals surface area contributed by atoms with Gasteiger partial charge in [0.1, 0.15) is 23.6 Å². The number of fused-ring (bicyclic) bond motifs is 2. The van der Waals surface area contributed by atoms with Crippen molar-refractivity contribution in [1.29, 1.82) is 0 Å². The minimum Gasteiger partial charge on any atom is -0.465 e. The van der Waals surface area contributed by atoms with Crippen LogP contribution in [0.4, 0.5) is 31.3 Å². The second-order valence-electron chi connectivity index (χ2n) is 17.1. The normalized spacial score (nSPS) is 22.7. The van der Waals surface area contributed by atoms with Crippen LogP contribution in [0.25, 0.3) is 0 Å². The predicted octanol–water partition coefficient (Wildman–Crippen LogP) is 5.00. The quantitative estimate of drug-likeness (QED) is 0.219. The lowest BCUT2D eigenvalue weighted by molar-refractivity contribution is -0.120. The fraction of sp³-hybridized carbons (Fsp3) is 0.622. The van der Waals surface area contributed by atoms with E-state index in [-0.39, 0.29) is 72.1 Å². The Hall–Kier alpha value is -4.35. The van der Waals surface area contributed by atoms with Crippen molar-refractivity contribution in [3.05, 3.63) is 35.3 Å². The minimum absolute atomic E-state index is 0.0511. The maximum absolute atomic E-state index is 15.5. The molecule has 2 unspecified atom stereocenters. The van der Waals surface area contributed by atoms with Gasteiger partial charge in [0.2, 0.25) is 5.91 Å². The molecular weight excluding hydrogens is 718 g/mol. The molecular formula is C37H52FN7O8Si. The number of nitrogens with one attached hydrogen (secondary N) is 3. The number of benzene rings is 1. The van der Waals surface area contributed by atoms with E-state index in [4.69, 9.17) is 18.6 Å². The van der Waals surface area contributed by atoms with Crippen LogP contribution in [-0.2, 0) is 36.3 Å². The summed E-state index contributed by atoms with van der Waals surface area (Å²) in [5.74, 6) is -0.404. The second-order valence-corrected chi connectivity index (χ2v) is 21.8. The lowest BCUT2D eigenvalue weighted by Gasteiger charge is -2.38. The molecule has 2 saturated heterocycles. The van der Waals surface area contributed by atoms with E-state index >= 15 is 4.39 Å². The number of nitrogens with zero attached hydrogens (tertiary/aromatic N) is 4. The third-order valence-electron chi connectivity index (χ3n) is 10.6. The zero-order valence-corrected chi connectivity index (χ0v) is 33.3. The largest absolute Gasteiger partial charge is 0.465 e. The van der Waals surface area contributed by atoms with E-state index < -0.39 is 38.1 Å². The van der Waals surface area contributed by atoms with Crippen LogP contribution in [0.15, 0.2) is 18.3 Å². The van der Waals surface area contributed by atoms with Gasteiger partial charge in [-0.1, -0.05) is 20.8 Å². The molecule has 1 aromatic carbocycles. The van der Waals surface area contributed by atoms with Crippen LogP contribution in [0.1, 0.15) is 65.5 Å². The Bertz CT molecular complexity index is 1800. The highest BCUT2D eigenvalue weighted by Gasteiger charge is 2.47. The number of likely N-dealkylation sites (tertiary alicyclic amines) is 1. The molecule has 0 radical (unpaired) electrons. The van der Waals surface area contributed by atoms with Gasteiger partial charge >= 0.3 is 12.2 Å². The SMILES string of the molecule is CC(C)(C)OC(=O)N1C[C@H](O[Si](C)(C)C(C)(C)C)C[C@H]1C(=O)Nc1cc(F)c2c(c1)CC(CNCCC1CN(c3cnc4c(n3)NC(=O)CO4)C(=O)O1)C2. The Morgan fingerprint density at radius 3 is 2.59 bits per heavy atom. The zero-order valence-electron chi connectivity index (χ0n) is 32.3. The van der Waals surface area contributed by atoms with Crippen LogP contribution >= 0.6 is 0 Å². The van der Waals surface area contributed by atoms with E-state index in [1.54, 1.807) is 20.8 Å². The first-order chi connectivity index (χ1) is 25.3. The lowest BCUT2D eigenvalue weighted by Crippen LogP contribution is -2.46. The third-order valence-corrected chi connectivity index (χ3v) is 15.1. The number of hydrogen-bond acceptors (Lipinski definition) is 11. The molecule has 0 saturated carbocycles. The van der Waals surface area contributed by atoms with Crippen molar-refractivity contribution in [2.75, 3.05) is 48.3 Å². The van der Waals surface area contributed by atoms with Crippen LogP contribution in [0.5, 0.6) is 5.88 Å². The summed E-state index contributed by atoms with van der Waals surface area (Å²) in [6.45, 7) is 17.6. The molecule has 6 rings (SSSR count). The number of ether oxygens (including phenoxy) is 3. The van der Waals surface area contributed by atoms with E-state index in [9.17, 15) is 19.2 Å². The topological polar surface area (TPSA) is 174 Å². The molecule has 1 aliphatic carbocycles. The highest BCUT2D eigenvalue weighted by Crippen LogP contribution is 2.39. The highest BCUT2D eigenvalue weighted by molar-refractivity contribution is 6.74. The van der Waals surface area contributed by atoms with Gasteiger partial charge in [-0.3, -0.25) is 19.4 Å². The van der Waals surface area contributed by atoms with E-state index in [2.05, 4.69) is 59.8 Å². The van der Waals surface area contributed by atoms with Crippen LogP contribution in [0.2, 0.25) is 18.1 Å². The summed E-state index contributed by atoms with van der Waals surface area (Å²) in [5, 5.41) is 8.83. The van der Waals surface area contributed by atoms with Crippen LogP contribution in [0.3, 0.4) is 0 Å². The summed E-state index contributed by atoms with van der Waals surface area (Å²) in [6.07, 6.45) is 1.60. The number of aromatic nitrogens is 2. The molecule has 54 heavy (non-hydrogen) atoms. The maximum Gasteiger partial charge on any atom is 0.415 e. The van der Waals surface area contributed by atoms with Crippen molar-refractivity contribution >= 4 is 49.6 Å². The molecule has 4 aliphatic rings. The van der Waals surface area contributed by atoms with Gasteiger partial charge in [-0.15, -0.1) is 0 Å². The lowest BCUT2D eigenvalue weighted by atomic mass is 10.1. The molecule has 4 atom stereocenters. The van der Waals surface area contributed by atoms with Crippen molar-refractivity contribution in [2.24, 2.45) is 5.92 Å². The third kappa shape index (κ3) is 8.95. The molecule has 1 aromatic heterocycles. The summed E-state index contributed by atoms with van der Waals surface area (Å²) in [6, 6.07) is 2.33.